The van der Waals surface area contributed by atoms with Gasteiger partial charge in [-0.05, 0) is 47.3 Å². The van der Waals surface area contributed by atoms with Gasteiger partial charge in [0.25, 0.3) is 0 Å². The van der Waals surface area contributed by atoms with Gasteiger partial charge in [-0.1, -0.05) is 102 Å². The number of carbonyl (C=O) groups is 4. The molecule has 13 heteroatoms. The molecule has 0 saturated carbocycles. The first kappa shape index (κ1) is 42.2. The minimum Gasteiger partial charge on any atom is -0.481 e. The third kappa shape index (κ3) is 13.1. The molecule has 3 aromatic rings. The van der Waals surface area contributed by atoms with E-state index in [0.717, 1.165) is 22.4 Å². The Morgan fingerprint density at radius 2 is 1.19 bits per heavy atom. The van der Waals surface area contributed by atoms with Crippen molar-refractivity contribution in [1.82, 2.24) is 26.3 Å². The third-order valence-corrected chi connectivity index (χ3v) is 8.78. The zero-order valence-corrected chi connectivity index (χ0v) is 32.2. The van der Waals surface area contributed by atoms with Crippen molar-refractivity contribution in [3.63, 3.8) is 0 Å². The van der Waals surface area contributed by atoms with Crippen molar-refractivity contribution in [1.29, 1.82) is 0 Å². The number of alkyl carbamates (subject to hydrolysis) is 2. The third-order valence-electron chi connectivity index (χ3n) is 8.78. The number of aliphatic hydroxyl groups is 1. The number of ether oxygens (including phenoxy) is 3. The lowest BCUT2D eigenvalue weighted by Crippen LogP contribution is -2.59. The van der Waals surface area contributed by atoms with Crippen molar-refractivity contribution in [2.24, 2.45) is 10.8 Å². The van der Waals surface area contributed by atoms with Gasteiger partial charge in [-0.25, -0.2) is 14.6 Å². The predicted molar refractivity (Wildman–Crippen MR) is 202 cm³/mol. The number of aromatic nitrogens is 1. The van der Waals surface area contributed by atoms with Crippen LogP contribution in [0.3, 0.4) is 0 Å². The van der Waals surface area contributed by atoms with Gasteiger partial charge in [0, 0.05) is 17.7 Å². The Labute approximate surface area is 312 Å². The number of benzene rings is 2. The highest BCUT2D eigenvalue weighted by Gasteiger charge is 2.37. The maximum Gasteiger partial charge on any atom is 0.407 e. The summed E-state index contributed by atoms with van der Waals surface area (Å²) in [6.45, 7) is 10.9. The summed E-state index contributed by atoms with van der Waals surface area (Å²) in [6.07, 6.45) is -2.07. The van der Waals surface area contributed by atoms with E-state index in [9.17, 15) is 24.3 Å². The predicted octanol–water partition coefficient (Wildman–Crippen LogP) is 4.80. The normalized spacial score (nSPS) is 14.4. The first-order valence-corrected chi connectivity index (χ1v) is 17.6. The van der Waals surface area contributed by atoms with Gasteiger partial charge in [-0.3, -0.25) is 9.59 Å². The summed E-state index contributed by atoms with van der Waals surface area (Å²) in [5.74, 6) is -0.472. The number of nitrogens with zero attached hydrogens (tertiary/aromatic N) is 1. The van der Waals surface area contributed by atoms with Crippen LogP contribution in [0.1, 0.15) is 59.1 Å². The van der Waals surface area contributed by atoms with Crippen LogP contribution in [-0.2, 0) is 31.9 Å². The van der Waals surface area contributed by atoms with E-state index in [1.165, 1.54) is 14.2 Å². The standard InChI is InChI=1S/C40H55N5O8/c1-39(2,3)33(44-37(49)52-8)35(47)41-28(22-26-18-20-27(21-19-26)29-16-13-17-32(42-29)51-7)24-31(46)30(23-25-14-11-10-12-15-25)43-36(48)34(40(4,5)6)45-38(50)53-9/h10-21,28,30-31,33-34,46H,22-24H2,1-9H3,(H,41,47)(H,43,48)(H,44,49)(H,45,50). The second-order valence-electron chi connectivity index (χ2n) is 15.1. The van der Waals surface area contributed by atoms with Crippen LogP contribution in [0.15, 0.2) is 72.8 Å². The summed E-state index contributed by atoms with van der Waals surface area (Å²) in [7, 11) is 4.00. The van der Waals surface area contributed by atoms with E-state index in [4.69, 9.17) is 14.2 Å². The average molecular weight is 734 g/mol. The topological polar surface area (TPSA) is 177 Å². The first-order chi connectivity index (χ1) is 24.9. The van der Waals surface area contributed by atoms with E-state index >= 15 is 0 Å². The molecule has 0 aliphatic carbocycles. The van der Waals surface area contributed by atoms with Crippen LogP contribution < -0.4 is 26.0 Å². The molecule has 3 rings (SSSR count). The SMILES string of the molecule is COC(=O)NC(C(=O)NC(Cc1ccc(-c2cccc(OC)n2)cc1)CC(O)C(Cc1ccccc1)NC(=O)C(NC(=O)OC)C(C)(C)C)C(C)(C)C. The molecule has 1 heterocycles. The summed E-state index contributed by atoms with van der Waals surface area (Å²) in [5, 5.41) is 23.2. The smallest absolute Gasteiger partial charge is 0.407 e. The van der Waals surface area contributed by atoms with Crippen molar-refractivity contribution < 1.29 is 38.5 Å². The Morgan fingerprint density at radius 3 is 1.70 bits per heavy atom. The number of hydrogen-bond donors (Lipinski definition) is 5. The molecule has 5 N–H and O–H groups in total. The quantitative estimate of drug-likeness (QED) is 0.147. The van der Waals surface area contributed by atoms with Crippen LogP contribution in [0.5, 0.6) is 5.88 Å². The van der Waals surface area contributed by atoms with Crippen LogP contribution in [0, 0.1) is 10.8 Å². The molecular formula is C40H55N5O8. The van der Waals surface area contributed by atoms with Crippen LogP contribution >= 0.6 is 0 Å². The molecule has 0 radical (unpaired) electrons. The average Bonchev–Trinajstić information content (AvgIpc) is 3.11. The van der Waals surface area contributed by atoms with Crippen molar-refractivity contribution in [2.45, 2.75) is 91.1 Å². The van der Waals surface area contributed by atoms with Crippen molar-refractivity contribution in [3.05, 3.63) is 83.9 Å². The largest absolute Gasteiger partial charge is 0.481 e. The first-order valence-electron chi connectivity index (χ1n) is 17.6. The molecular weight excluding hydrogens is 678 g/mol. The van der Waals surface area contributed by atoms with Gasteiger partial charge in [0.05, 0.1) is 39.2 Å². The number of carbonyl (C=O) groups excluding carboxylic acids is 4. The van der Waals surface area contributed by atoms with E-state index in [1.807, 2.05) is 108 Å². The number of amides is 4. The molecule has 2 aromatic carbocycles. The molecule has 0 spiro atoms. The van der Waals surface area contributed by atoms with Crippen LogP contribution in [0.2, 0.25) is 0 Å². The Morgan fingerprint density at radius 1 is 0.660 bits per heavy atom. The van der Waals surface area contributed by atoms with Crippen molar-refractivity contribution in [2.75, 3.05) is 21.3 Å². The minimum atomic E-state index is -1.16. The number of nitrogens with one attached hydrogen (secondary N) is 4. The van der Waals surface area contributed by atoms with Gasteiger partial charge in [-0.2, -0.15) is 0 Å². The van der Waals surface area contributed by atoms with Crippen LogP contribution in [0.4, 0.5) is 9.59 Å². The number of hydrogen-bond acceptors (Lipinski definition) is 9. The molecule has 288 valence electrons. The van der Waals surface area contributed by atoms with Gasteiger partial charge < -0.3 is 40.6 Å². The van der Waals surface area contributed by atoms with Gasteiger partial charge in [0.2, 0.25) is 17.7 Å². The summed E-state index contributed by atoms with van der Waals surface area (Å²) in [4.78, 5) is 56.6. The number of pyridine rings is 1. The fourth-order valence-corrected chi connectivity index (χ4v) is 5.84. The fraction of sp³-hybridized carbons (Fsp3) is 0.475. The van der Waals surface area contributed by atoms with Gasteiger partial charge in [-0.15, -0.1) is 0 Å². The molecule has 4 amide bonds. The lowest BCUT2D eigenvalue weighted by molar-refractivity contribution is -0.128. The Balaban J connectivity index is 1.97. The molecule has 0 bridgehead atoms. The van der Waals surface area contributed by atoms with E-state index in [2.05, 4.69) is 26.3 Å². The minimum absolute atomic E-state index is 0.0302. The molecule has 5 atom stereocenters. The molecule has 1 aromatic heterocycles. The zero-order valence-electron chi connectivity index (χ0n) is 32.2. The second kappa shape index (κ2) is 19.1. The second-order valence-corrected chi connectivity index (χ2v) is 15.1. The van der Waals surface area contributed by atoms with Crippen molar-refractivity contribution in [3.8, 4) is 17.1 Å². The summed E-state index contributed by atoms with van der Waals surface area (Å²) in [6, 6.07) is 19.2. The van der Waals surface area contributed by atoms with E-state index < -0.39 is 65.1 Å². The van der Waals surface area contributed by atoms with Gasteiger partial charge in [0.15, 0.2) is 0 Å². The van der Waals surface area contributed by atoms with Crippen LogP contribution in [0.25, 0.3) is 11.3 Å². The summed E-state index contributed by atoms with van der Waals surface area (Å²) >= 11 is 0. The fourth-order valence-electron chi connectivity index (χ4n) is 5.84. The molecule has 53 heavy (non-hydrogen) atoms. The molecule has 0 fully saturated rings. The molecule has 13 nitrogen and oxygen atoms in total. The Bertz CT molecular complexity index is 1650. The van der Waals surface area contributed by atoms with E-state index in [1.54, 1.807) is 13.2 Å². The highest BCUT2D eigenvalue weighted by atomic mass is 16.5. The lowest BCUT2D eigenvalue weighted by Gasteiger charge is -2.34. The Hall–Kier alpha value is -5.17. The lowest BCUT2D eigenvalue weighted by atomic mass is 9.85. The number of methoxy groups -OCH3 is 3. The number of aliphatic hydroxyl groups excluding tert-OH is 1. The molecule has 5 unspecified atom stereocenters. The van der Waals surface area contributed by atoms with Gasteiger partial charge in [0.1, 0.15) is 12.1 Å². The van der Waals surface area contributed by atoms with Crippen LogP contribution in [-0.4, -0.2) is 85.7 Å². The van der Waals surface area contributed by atoms with Gasteiger partial charge >= 0.3 is 12.2 Å². The highest BCUT2D eigenvalue weighted by molar-refractivity contribution is 5.87. The summed E-state index contributed by atoms with van der Waals surface area (Å²) < 4.78 is 14.8. The Kier molecular flexibility index (Phi) is 15.2. The monoisotopic (exact) mass is 733 g/mol. The zero-order chi connectivity index (χ0) is 39.3. The maximum absolute atomic E-state index is 13.9. The maximum atomic E-state index is 13.9. The number of rotatable bonds is 15. The molecule has 0 aliphatic heterocycles. The molecule has 0 aliphatic rings. The van der Waals surface area contributed by atoms with Crippen molar-refractivity contribution >= 4 is 24.0 Å². The highest BCUT2D eigenvalue weighted by Crippen LogP contribution is 2.24. The molecule has 0 saturated heterocycles. The van der Waals surface area contributed by atoms with E-state index in [0.29, 0.717) is 12.3 Å². The van der Waals surface area contributed by atoms with E-state index in [-0.39, 0.29) is 12.8 Å². The summed E-state index contributed by atoms with van der Waals surface area (Å²) in [5.41, 5.74) is 1.93.